The number of rotatable bonds is 6. The van der Waals surface area contributed by atoms with Crippen LogP contribution in [0.5, 0.6) is 0 Å². The average molecular weight is 289 g/mol. The van der Waals surface area contributed by atoms with Crippen LogP contribution in [0.25, 0.3) is 0 Å². The average Bonchev–Trinajstić information content (AvgIpc) is 2.36. The molecule has 0 heterocycles. The number of nitrogens with zero attached hydrogens (tertiary/aromatic N) is 2. The SMILES string of the molecule is Cc1ccc(C)c(C(N)CN(C)CC2(N(C)C)CCC2)c1. The first-order chi connectivity index (χ1) is 9.84. The molecule has 21 heavy (non-hydrogen) atoms. The summed E-state index contributed by atoms with van der Waals surface area (Å²) in [5, 5.41) is 0. The zero-order valence-electron chi connectivity index (χ0n) is 14.3. The van der Waals surface area contributed by atoms with Crippen LogP contribution in [0.4, 0.5) is 0 Å². The van der Waals surface area contributed by atoms with Gasteiger partial charge in [0.15, 0.2) is 0 Å². The Bertz CT molecular complexity index is 477. The molecule has 3 heteroatoms. The molecule has 1 unspecified atom stereocenters. The topological polar surface area (TPSA) is 32.5 Å². The molecule has 0 radical (unpaired) electrons. The zero-order chi connectivity index (χ0) is 15.6. The van der Waals surface area contributed by atoms with Crippen molar-refractivity contribution in [1.82, 2.24) is 9.80 Å². The van der Waals surface area contributed by atoms with Gasteiger partial charge in [0, 0.05) is 24.7 Å². The smallest absolute Gasteiger partial charge is 0.0426 e. The Kier molecular flexibility index (Phi) is 5.07. The van der Waals surface area contributed by atoms with Crippen molar-refractivity contribution in [2.45, 2.75) is 44.7 Å². The molecular formula is C18H31N3. The summed E-state index contributed by atoms with van der Waals surface area (Å²) in [6.45, 7) is 6.31. The predicted molar refractivity (Wildman–Crippen MR) is 90.6 cm³/mol. The molecule has 0 saturated heterocycles. The number of likely N-dealkylation sites (N-methyl/N-ethyl adjacent to an activating group) is 2. The zero-order valence-corrected chi connectivity index (χ0v) is 14.3. The highest BCUT2D eigenvalue weighted by Crippen LogP contribution is 2.36. The van der Waals surface area contributed by atoms with E-state index in [1.165, 1.54) is 36.0 Å². The molecule has 0 aromatic heterocycles. The molecule has 0 aliphatic heterocycles. The summed E-state index contributed by atoms with van der Waals surface area (Å²) < 4.78 is 0. The van der Waals surface area contributed by atoms with E-state index in [-0.39, 0.29) is 6.04 Å². The van der Waals surface area contributed by atoms with Crippen LogP contribution >= 0.6 is 0 Å². The summed E-state index contributed by atoms with van der Waals surface area (Å²) in [5.74, 6) is 0. The molecule has 118 valence electrons. The van der Waals surface area contributed by atoms with Crippen molar-refractivity contribution in [3.05, 3.63) is 34.9 Å². The molecule has 2 rings (SSSR count). The van der Waals surface area contributed by atoms with E-state index >= 15 is 0 Å². The Hall–Kier alpha value is -0.900. The molecule has 0 spiro atoms. The monoisotopic (exact) mass is 289 g/mol. The largest absolute Gasteiger partial charge is 0.323 e. The van der Waals surface area contributed by atoms with E-state index in [1.54, 1.807) is 0 Å². The van der Waals surface area contributed by atoms with Gasteiger partial charge in [-0.1, -0.05) is 23.8 Å². The lowest BCUT2D eigenvalue weighted by Crippen LogP contribution is -2.57. The fourth-order valence-corrected chi connectivity index (χ4v) is 3.49. The maximum atomic E-state index is 6.46. The van der Waals surface area contributed by atoms with Gasteiger partial charge in [-0.05, 0) is 65.4 Å². The molecule has 1 saturated carbocycles. The van der Waals surface area contributed by atoms with Crippen LogP contribution in [0.1, 0.15) is 42.0 Å². The van der Waals surface area contributed by atoms with Crippen LogP contribution in [-0.4, -0.2) is 49.6 Å². The van der Waals surface area contributed by atoms with Crippen molar-refractivity contribution in [2.24, 2.45) is 5.73 Å². The molecule has 1 aliphatic carbocycles. The Morgan fingerprint density at radius 2 is 1.86 bits per heavy atom. The van der Waals surface area contributed by atoms with E-state index < -0.39 is 0 Å². The summed E-state index contributed by atoms with van der Waals surface area (Å²) in [6, 6.07) is 6.66. The maximum absolute atomic E-state index is 6.46. The van der Waals surface area contributed by atoms with Crippen LogP contribution in [0, 0.1) is 13.8 Å². The van der Waals surface area contributed by atoms with Gasteiger partial charge < -0.3 is 15.5 Å². The Balaban J connectivity index is 1.99. The second-order valence-electron chi connectivity index (χ2n) is 7.14. The van der Waals surface area contributed by atoms with Gasteiger partial charge in [-0.2, -0.15) is 0 Å². The van der Waals surface area contributed by atoms with Crippen molar-refractivity contribution in [3.8, 4) is 0 Å². The molecular weight excluding hydrogens is 258 g/mol. The number of hydrogen-bond acceptors (Lipinski definition) is 3. The molecule has 0 bridgehead atoms. The fourth-order valence-electron chi connectivity index (χ4n) is 3.49. The molecule has 1 atom stereocenters. The van der Waals surface area contributed by atoms with Gasteiger partial charge in [0.25, 0.3) is 0 Å². The van der Waals surface area contributed by atoms with Crippen LogP contribution in [0.15, 0.2) is 18.2 Å². The first-order valence-corrected chi connectivity index (χ1v) is 8.03. The second-order valence-corrected chi connectivity index (χ2v) is 7.14. The number of hydrogen-bond donors (Lipinski definition) is 1. The Labute approximate surface area is 130 Å². The van der Waals surface area contributed by atoms with Crippen molar-refractivity contribution < 1.29 is 0 Å². The Morgan fingerprint density at radius 3 is 2.38 bits per heavy atom. The van der Waals surface area contributed by atoms with Crippen LogP contribution in [0.2, 0.25) is 0 Å². The highest BCUT2D eigenvalue weighted by atomic mass is 15.2. The quantitative estimate of drug-likeness (QED) is 0.874. The van der Waals surface area contributed by atoms with Gasteiger partial charge in [-0.15, -0.1) is 0 Å². The molecule has 0 amide bonds. The summed E-state index contributed by atoms with van der Waals surface area (Å²) in [6.07, 6.45) is 3.97. The number of aryl methyl sites for hydroxylation is 2. The van der Waals surface area contributed by atoms with Crippen LogP contribution < -0.4 is 5.73 Å². The minimum Gasteiger partial charge on any atom is -0.323 e. The van der Waals surface area contributed by atoms with E-state index in [0.29, 0.717) is 5.54 Å². The lowest BCUT2D eigenvalue weighted by Gasteiger charge is -2.49. The third-order valence-corrected chi connectivity index (χ3v) is 5.14. The van der Waals surface area contributed by atoms with Gasteiger partial charge in [0.2, 0.25) is 0 Å². The van der Waals surface area contributed by atoms with E-state index in [2.05, 4.69) is 63.0 Å². The van der Waals surface area contributed by atoms with Crippen molar-refractivity contribution in [3.63, 3.8) is 0 Å². The highest BCUT2D eigenvalue weighted by Gasteiger charge is 2.39. The number of nitrogens with two attached hydrogens (primary N) is 1. The number of benzene rings is 1. The summed E-state index contributed by atoms with van der Waals surface area (Å²) in [5.41, 5.74) is 10.7. The molecule has 2 N–H and O–H groups in total. The third kappa shape index (κ3) is 3.65. The minimum atomic E-state index is 0.0918. The molecule has 1 aliphatic rings. The van der Waals surface area contributed by atoms with Crippen molar-refractivity contribution in [2.75, 3.05) is 34.2 Å². The summed E-state index contributed by atoms with van der Waals surface area (Å²) in [4.78, 5) is 4.81. The van der Waals surface area contributed by atoms with Crippen LogP contribution in [0.3, 0.4) is 0 Å². The molecule has 1 aromatic carbocycles. The van der Waals surface area contributed by atoms with Crippen LogP contribution in [-0.2, 0) is 0 Å². The normalized spacial score (nSPS) is 18.9. The van der Waals surface area contributed by atoms with E-state index in [4.69, 9.17) is 5.73 Å². The first-order valence-electron chi connectivity index (χ1n) is 8.03. The van der Waals surface area contributed by atoms with Crippen molar-refractivity contribution >= 4 is 0 Å². The standard InChI is InChI=1S/C18H31N3/c1-14-7-8-15(2)16(11-14)17(19)12-21(5)13-18(20(3)4)9-6-10-18/h7-8,11,17H,6,9-10,12-13,19H2,1-5H3. The summed E-state index contributed by atoms with van der Waals surface area (Å²) in [7, 11) is 6.61. The molecule has 3 nitrogen and oxygen atoms in total. The lowest BCUT2D eigenvalue weighted by atomic mass is 9.75. The Morgan fingerprint density at radius 1 is 1.19 bits per heavy atom. The maximum Gasteiger partial charge on any atom is 0.0426 e. The highest BCUT2D eigenvalue weighted by molar-refractivity contribution is 5.33. The molecule has 1 aromatic rings. The van der Waals surface area contributed by atoms with Gasteiger partial charge in [-0.3, -0.25) is 0 Å². The van der Waals surface area contributed by atoms with E-state index in [1.807, 2.05) is 0 Å². The first kappa shape index (κ1) is 16.5. The van der Waals surface area contributed by atoms with Gasteiger partial charge in [0.05, 0.1) is 0 Å². The van der Waals surface area contributed by atoms with Gasteiger partial charge in [-0.25, -0.2) is 0 Å². The van der Waals surface area contributed by atoms with Crippen molar-refractivity contribution in [1.29, 1.82) is 0 Å². The summed E-state index contributed by atoms with van der Waals surface area (Å²) >= 11 is 0. The fraction of sp³-hybridized carbons (Fsp3) is 0.667. The van der Waals surface area contributed by atoms with Gasteiger partial charge in [0.1, 0.15) is 0 Å². The lowest BCUT2D eigenvalue weighted by molar-refractivity contribution is 0.0265. The third-order valence-electron chi connectivity index (χ3n) is 5.14. The van der Waals surface area contributed by atoms with E-state index in [0.717, 1.165) is 13.1 Å². The molecule has 1 fully saturated rings. The minimum absolute atomic E-state index is 0.0918. The second kappa shape index (κ2) is 6.47. The van der Waals surface area contributed by atoms with E-state index in [9.17, 15) is 0 Å². The predicted octanol–water partition coefficient (Wildman–Crippen LogP) is 2.72. The van der Waals surface area contributed by atoms with Gasteiger partial charge >= 0.3 is 0 Å².